The lowest BCUT2D eigenvalue weighted by molar-refractivity contribution is -0.171. The SMILES string of the molecule is CC(c1nn[nH]n1)N1C(=O)C2CCC(O2)C1=O. The van der Waals surface area contributed by atoms with Crippen LogP contribution in [0.3, 0.4) is 0 Å². The highest BCUT2D eigenvalue weighted by atomic mass is 16.5. The molecule has 3 rings (SSSR count). The third-order valence-electron chi connectivity index (χ3n) is 3.17. The summed E-state index contributed by atoms with van der Waals surface area (Å²) in [6, 6.07) is -0.513. The van der Waals surface area contributed by atoms with E-state index in [1.54, 1.807) is 6.92 Å². The van der Waals surface area contributed by atoms with Gasteiger partial charge in [-0.25, -0.2) is 0 Å². The number of ether oxygens (including phenoxy) is 1. The first-order valence-corrected chi connectivity index (χ1v) is 5.44. The number of tetrazole rings is 1. The monoisotopic (exact) mass is 237 g/mol. The summed E-state index contributed by atoms with van der Waals surface area (Å²) < 4.78 is 5.31. The summed E-state index contributed by atoms with van der Waals surface area (Å²) >= 11 is 0. The number of aromatic nitrogens is 4. The van der Waals surface area contributed by atoms with Crippen molar-refractivity contribution >= 4 is 11.8 Å². The number of rotatable bonds is 2. The molecule has 1 N–H and O–H groups in total. The van der Waals surface area contributed by atoms with Crippen LogP contribution in [0.5, 0.6) is 0 Å². The van der Waals surface area contributed by atoms with Gasteiger partial charge < -0.3 is 4.74 Å². The van der Waals surface area contributed by atoms with E-state index >= 15 is 0 Å². The average molecular weight is 237 g/mol. The molecular formula is C9H11N5O3. The quantitative estimate of drug-likeness (QED) is 0.674. The molecule has 2 aliphatic heterocycles. The van der Waals surface area contributed by atoms with Gasteiger partial charge in [-0.1, -0.05) is 5.21 Å². The number of hydrogen-bond donors (Lipinski definition) is 1. The van der Waals surface area contributed by atoms with E-state index in [-0.39, 0.29) is 11.8 Å². The molecule has 2 bridgehead atoms. The summed E-state index contributed by atoms with van der Waals surface area (Å²) in [4.78, 5) is 25.2. The highest BCUT2D eigenvalue weighted by Crippen LogP contribution is 2.32. The molecule has 8 heteroatoms. The predicted molar refractivity (Wildman–Crippen MR) is 52.3 cm³/mol. The molecule has 3 heterocycles. The number of aromatic amines is 1. The van der Waals surface area contributed by atoms with Gasteiger partial charge in [-0.15, -0.1) is 10.2 Å². The summed E-state index contributed by atoms with van der Waals surface area (Å²) in [5.74, 6) is -0.282. The fourth-order valence-corrected chi connectivity index (χ4v) is 2.26. The lowest BCUT2D eigenvalue weighted by atomic mass is 10.2. The number of carbonyl (C=O) groups is 2. The minimum absolute atomic E-state index is 0.305. The molecule has 0 aromatic carbocycles. The van der Waals surface area contributed by atoms with E-state index < -0.39 is 18.2 Å². The van der Waals surface area contributed by atoms with Crippen LogP contribution in [0.2, 0.25) is 0 Å². The highest BCUT2D eigenvalue weighted by Gasteiger charge is 2.48. The van der Waals surface area contributed by atoms with Crippen molar-refractivity contribution in [1.82, 2.24) is 25.5 Å². The standard InChI is InChI=1S/C9H11N5O3/c1-4(7-10-12-13-11-7)14-8(15)5-2-3-6(17-5)9(14)16/h4-6H,2-3H2,1H3,(H,10,11,12,13). The largest absolute Gasteiger partial charge is 0.355 e. The van der Waals surface area contributed by atoms with Crippen molar-refractivity contribution in [2.45, 2.75) is 38.0 Å². The van der Waals surface area contributed by atoms with Crippen LogP contribution in [0.4, 0.5) is 0 Å². The second kappa shape index (κ2) is 3.59. The molecule has 2 fully saturated rings. The number of imide groups is 1. The minimum atomic E-state index is -0.513. The van der Waals surface area contributed by atoms with Gasteiger partial charge in [0.15, 0.2) is 5.82 Å². The van der Waals surface area contributed by atoms with Gasteiger partial charge in [0.25, 0.3) is 11.8 Å². The zero-order chi connectivity index (χ0) is 12.0. The summed E-state index contributed by atoms with van der Waals surface area (Å²) in [7, 11) is 0. The van der Waals surface area contributed by atoms with E-state index in [4.69, 9.17) is 4.74 Å². The molecule has 1 aromatic heterocycles. The zero-order valence-corrected chi connectivity index (χ0v) is 9.16. The molecule has 0 radical (unpaired) electrons. The molecule has 3 atom stereocenters. The Morgan fingerprint density at radius 2 is 2.00 bits per heavy atom. The maximum Gasteiger partial charge on any atom is 0.259 e. The summed E-state index contributed by atoms with van der Waals surface area (Å²) in [6.45, 7) is 1.70. The van der Waals surface area contributed by atoms with Gasteiger partial charge in [-0.2, -0.15) is 5.21 Å². The molecule has 8 nitrogen and oxygen atoms in total. The van der Waals surface area contributed by atoms with Gasteiger partial charge >= 0.3 is 0 Å². The van der Waals surface area contributed by atoms with Crippen molar-refractivity contribution in [2.24, 2.45) is 0 Å². The Labute approximate surface area is 96.3 Å². The Balaban J connectivity index is 1.91. The molecule has 2 aliphatic rings. The van der Waals surface area contributed by atoms with Gasteiger partial charge in [0.1, 0.15) is 18.2 Å². The lowest BCUT2D eigenvalue weighted by Gasteiger charge is -2.32. The van der Waals surface area contributed by atoms with E-state index in [2.05, 4.69) is 20.6 Å². The van der Waals surface area contributed by atoms with Crippen molar-refractivity contribution in [2.75, 3.05) is 0 Å². The summed E-state index contributed by atoms with van der Waals surface area (Å²) in [6.07, 6.45) is 0.217. The van der Waals surface area contributed by atoms with Crippen molar-refractivity contribution in [3.8, 4) is 0 Å². The van der Waals surface area contributed by atoms with Crippen molar-refractivity contribution in [3.05, 3.63) is 5.82 Å². The molecule has 17 heavy (non-hydrogen) atoms. The number of morpholine rings is 1. The zero-order valence-electron chi connectivity index (χ0n) is 9.16. The van der Waals surface area contributed by atoms with Crippen LogP contribution in [0, 0.1) is 0 Å². The van der Waals surface area contributed by atoms with Gasteiger partial charge in [-0.3, -0.25) is 14.5 Å². The van der Waals surface area contributed by atoms with Crippen LogP contribution in [-0.2, 0) is 14.3 Å². The third-order valence-corrected chi connectivity index (χ3v) is 3.17. The topological polar surface area (TPSA) is 101 Å². The first-order valence-electron chi connectivity index (χ1n) is 5.44. The number of fused-ring (bicyclic) bond motifs is 2. The third kappa shape index (κ3) is 1.44. The number of nitrogens with one attached hydrogen (secondary N) is 1. The van der Waals surface area contributed by atoms with E-state index in [1.807, 2.05) is 0 Å². The number of carbonyl (C=O) groups excluding carboxylic acids is 2. The maximum absolute atomic E-state index is 12.0. The van der Waals surface area contributed by atoms with Crippen LogP contribution >= 0.6 is 0 Å². The molecule has 0 spiro atoms. The second-order valence-electron chi connectivity index (χ2n) is 4.18. The number of amides is 2. The first-order chi connectivity index (χ1) is 8.18. The Kier molecular flexibility index (Phi) is 2.18. The predicted octanol–water partition coefficient (Wildman–Crippen LogP) is -0.823. The Bertz CT molecular complexity index is 437. The second-order valence-corrected chi connectivity index (χ2v) is 4.18. The molecule has 90 valence electrons. The normalized spacial score (nSPS) is 29.8. The van der Waals surface area contributed by atoms with E-state index in [1.165, 1.54) is 4.90 Å². The number of likely N-dealkylation sites (tertiary alicyclic amines) is 1. The molecule has 3 unspecified atom stereocenters. The first kappa shape index (κ1) is 10.3. The lowest BCUT2D eigenvalue weighted by Crippen LogP contribution is -2.52. The summed E-state index contributed by atoms with van der Waals surface area (Å²) in [5.41, 5.74) is 0. The Morgan fingerprint density at radius 3 is 2.53 bits per heavy atom. The fourth-order valence-electron chi connectivity index (χ4n) is 2.26. The fraction of sp³-hybridized carbons (Fsp3) is 0.667. The van der Waals surface area contributed by atoms with Gasteiger partial charge in [0, 0.05) is 0 Å². The number of hydrogen-bond acceptors (Lipinski definition) is 6. The van der Waals surface area contributed by atoms with Crippen molar-refractivity contribution in [3.63, 3.8) is 0 Å². The number of H-pyrrole nitrogens is 1. The Hall–Kier alpha value is -1.83. The molecule has 2 saturated heterocycles. The van der Waals surface area contributed by atoms with E-state index in [9.17, 15) is 9.59 Å². The van der Waals surface area contributed by atoms with Crippen molar-refractivity contribution < 1.29 is 14.3 Å². The van der Waals surface area contributed by atoms with Crippen LogP contribution in [0.15, 0.2) is 0 Å². The molecular weight excluding hydrogens is 226 g/mol. The number of nitrogens with zero attached hydrogens (tertiary/aromatic N) is 4. The van der Waals surface area contributed by atoms with Crippen LogP contribution in [0.25, 0.3) is 0 Å². The van der Waals surface area contributed by atoms with Crippen LogP contribution < -0.4 is 0 Å². The molecule has 2 amide bonds. The van der Waals surface area contributed by atoms with Crippen LogP contribution in [0.1, 0.15) is 31.6 Å². The van der Waals surface area contributed by atoms with E-state index in [0.29, 0.717) is 18.7 Å². The molecule has 1 aromatic rings. The Morgan fingerprint density at radius 1 is 1.35 bits per heavy atom. The average Bonchev–Trinajstić information content (AvgIpc) is 2.98. The molecule has 0 aliphatic carbocycles. The summed E-state index contributed by atoms with van der Waals surface area (Å²) in [5, 5.41) is 13.3. The smallest absolute Gasteiger partial charge is 0.259 e. The van der Waals surface area contributed by atoms with Crippen LogP contribution in [-0.4, -0.2) is 49.5 Å². The van der Waals surface area contributed by atoms with Gasteiger partial charge in [0.05, 0.1) is 0 Å². The van der Waals surface area contributed by atoms with E-state index in [0.717, 1.165) is 0 Å². The van der Waals surface area contributed by atoms with Gasteiger partial charge in [-0.05, 0) is 19.8 Å². The highest BCUT2D eigenvalue weighted by molar-refractivity contribution is 6.02. The molecule has 0 saturated carbocycles. The minimum Gasteiger partial charge on any atom is -0.355 e. The van der Waals surface area contributed by atoms with Crippen molar-refractivity contribution in [1.29, 1.82) is 0 Å². The van der Waals surface area contributed by atoms with Gasteiger partial charge in [0.2, 0.25) is 0 Å². The maximum atomic E-state index is 12.0.